The van der Waals surface area contributed by atoms with Crippen molar-refractivity contribution in [1.82, 2.24) is 0 Å². The number of ketones is 1. The van der Waals surface area contributed by atoms with Crippen LogP contribution in [0.15, 0.2) is 42.5 Å². The highest BCUT2D eigenvalue weighted by Crippen LogP contribution is 2.36. The molecule has 1 heterocycles. The van der Waals surface area contributed by atoms with Crippen molar-refractivity contribution in [2.45, 2.75) is 19.4 Å². The van der Waals surface area contributed by atoms with Gasteiger partial charge in [-0.15, -0.1) is 0 Å². The van der Waals surface area contributed by atoms with E-state index in [4.69, 9.17) is 16.3 Å². The topological polar surface area (TPSA) is 26.3 Å². The molecule has 0 saturated carbocycles. The summed E-state index contributed by atoms with van der Waals surface area (Å²) in [4.78, 5) is 12.2. The fourth-order valence-electron chi connectivity index (χ4n) is 2.35. The lowest BCUT2D eigenvalue weighted by Crippen LogP contribution is -2.20. The van der Waals surface area contributed by atoms with Crippen LogP contribution in [0.3, 0.4) is 0 Å². The van der Waals surface area contributed by atoms with Gasteiger partial charge in [0.05, 0.1) is 12.0 Å². The third-order valence-electron chi connectivity index (χ3n) is 3.30. The molecule has 1 aliphatic rings. The van der Waals surface area contributed by atoms with Crippen LogP contribution in [0.25, 0.3) is 0 Å². The van der Waals surface area contributed by atoms with Gasteiger partial charge in [0, 0.05) is 5.02 Å². The Morgan fingerprint density at radius 1 is 1.21 bits per heavy atom. The van der Waals surface area contributed by atoms with Gasteiger partial charge in [-0.1, -0.05) is 41.4 Å². The number of hydrogen-bond acceptors (Lipinski definition) is 2. The summed E-state index contributed by atoms with van der Waals surface area (Å²) in [5.74, 6) is 0.697. The van der Waals surface area contributed by atoms with Gasteiger partial charge in [0.25, 0.3) is 0 Å². The fourth-order valence-corrected chi connectivity index (χ4v) is 2.52. The quantitative estimate of drug-likeness (QED) is 0.771. The first-order valence-corrected chi connectivity index (χ1v) is 6.57. The van der Waals surface area contributed by atoms with E-state index >= 15 is 0 Å². The third-order valence-corrected chi connectivity index (χ3v) is 3.53. The Bertz CT molecular complexity index is 649. The zero-order valence-corrected chi connectivity index (χ0v) is 11.3. The van der Waals surface area contributed by atoms with Crippen molar-refractivity contribution in [3.8, 4) is 5.75 Å². The first kappa shape index (κ1) is 12.2. The lowest BCUT2D eigenvalue weighted by molar-refractivity contribution is 0.0850. The van der Waals surface area contributed by atoms with Crippen molar-refractivity contribution in [1.29, 1.82) is 0 Å². The number of benzene rings is 2. The molecule has 0 bridgehead atoms. The van der Waals surface area contributed by atoms with Gasteiger partial charge in [-0.3, -0.25) is 4.79 Å². The van der Waals surface area contributed by atoms with E-state index in [1.54, 1.807) is 18.2 Å². The van der Waals surface area contributed by atoms with Crippen LogP contribution in [0.2, 0.25) is 5.02 Å². The minimum Gasteiger partial charge on any atom is -0.484 e. The molecule has 0 radical (unpaired) electrons. The average Bonchev–Trinajstić information content (AvgIpc) is 2.39. The summed E-state index contributed by atoms with van der Waals surface area (Å²) in [5, 5.41) is 0.560. The van der Waals surface area contributed by atoms with Crippen LogP contribution in [-0.4, -0.2) is 5.78 Å². The molecule has 1 aliphatic heterocycles. The summed E-state index contributed by atoms with van der Waals surface area (Å²) >= 11 is 5.91. The van der Waals surface area contributed by atoms with Crippen LogP contribution in [0.4, 0.5) is 0 Å². The number of carbonyl (C=O) groups is 1. The zero-order chi connectivity index (χ0) is 13.4. The lowest BCUT2D eigenvalue weighted by atomic mass is 9.95. The number of Topliss-reactive ketones (excluding diaryl/α,β-unsaturated/α-hetero) is 1. The molecule has 3 rings (SSSR count). The second-order valence-electron chi connectivity index (χ2n) is 4.79. The molecule has 19 heavy (non-hydrogen) atoms. The molecule has 0 spiro atoms. The summed E-state index contributed by atoms with van der Waals surface area (Å²) in [6, 6.07) is 13.2. The largest absolute Gasteiger partial charge is 0.484 e. The van der Waals surface area contributed by atoms with Gasteiger partial charge in [0.15, 0.2) is 5.78 Å². The van der Waals surface area contributed by atoms with E-state index in [1.807, 2.05) is 25.1 Å². The maximum absolute atomic E-state index is 12.2. The number of ether oxygens (including phenoxy) is 1. The summed E-state index contributed by atoms with van der Waals surface area (Å²) in [7, 11) is 0. The van der Waals surface area contributed by atoms with E-state index in [1.165, 1.54) is 0 Å². The van der Waals surface area contributed by atoms with Crippen molar-refractivity contribution in [3.05, 3.63) is 64.2 Å². The van der Waals surface area contributed by atoms with E-state index < -0.39 is 0 Å². The normalized spacial score (nSPS) is 17.8. The first-order chi connectivity index (χ1) is 9.13. The smallest absolute Gasteiger partial charge is 0.170 e. The number of aryl methyl sites for hydroxylation is 1. The third kappa shape index (κ3) is 2.36. The van der Waals surface area contributed by atoms with Crippen LogP contribution in [0.5, 0.6) is 5.75 Å². The lowest BCUT2D eigenvalue weighted by Gasteiger charge is -2.25. The van der Waals surface area contributed by atoms with Crippen molar-refractivity contribution in [3.63, 3.8) is 0 Å². The minimum absolute atomic E-state index is 0.0789. The first-order valence-electron chi connectivity index (χ1n) is 6.19. The molecule has 0 N–H and O–H groups in total. The van der Waals surface area contributed by atoms with Crippen LogP contribution in [0, 0.1) is 6.92 Å². The van der Waals surface area contributed by atoms with Gasteiger partial charge in [0.2, 0.25) is 0 Å². The Morgan fingerprint density at radius 2 is 2.05 bits per heavy atom. The second kappa shape index (κ2) is 4.71. The molecule has 1 atom stereocenters. The Labute approximate surface area is 117 Å². The number of fused-ring (bicyclic) bond motifs is 1. The molecule has 0 amide bonds. The Kier molecular flexibility index (Phi) is 3.03. The Balaban J connectivity index is 1.97. The van der Waals surface area contributed by atoms with Gasteiger partial charge >= 0.3 is 0 Å². The van der Waals surface area contributed by atoms with Crippen LogP contribution >= 0.6 is 11.6 Å². The summed E-state index contributed by atoms with van der Waals surface area (Å²) < 4.78 is 5.92. The molecular weight excluding hydrogens is 260 g/mol. The summed E-state index contributed by atoms with van der Waals surface area (Å²) in [6.45, 7) is 2.03. The van der Waals surface area contributed by atoms with E-state index in [-0.39, 0.29) is 11.9 Å². The van der Waals surface area contributed by atoms with Crippen LogP contribution in [0.1, 0.15) is 34.0 Å². The van der Waals surface area contributed by atoms with Gasteiger partial charge < -0.3 is 4.74 Å². The SMILES string of the molecule is Cc1cccc(C2CC(=O)c3cc(Cl)ccc3O2)c1. The van der Waals surface area contributed by atoms with Crippen molar-refractivity contribution < 1.29 is 9.53 Å². The predicted molar refractivity (Wildman–Crippen MR) is 74.9 cm³/mol. The molecule has 0 aliphatic carbocycles. The maximum atomic E-state index is 12.2. The molecule has 3 heteroatoms. The average molecular weight is 273 g/mol. The highest BCUT2D eigenvalue weighted by atomic mass is 35.5. The van der Waals surface area contributed by atoms with Crippen molar-refractivity contribution in [2.75, 3.05) is 0 Å². The molecule has 0 aromatic heterocycles. The Hall–Kier alpha value is -1.80. The van der Waals surface area contributed by atoms with Crippen LogP contribution < -0.4 is 4.74 Å². The number of carbonyl (C=O) groups excluding carboxylic acids is 1. The molecule has 96 valence electrons. The zero-order valence-electron chi connectivity index (χ0n) is 10.5. The predicted octanol–water partition coefficient (Wildman–Crippen LogP) is 4.35. The van der Waals surface area contributed by atoms with E-state index in [0.717, 1.165) is 11.1 Å². The van der Waals surface area contributed by atoms with E-state index in [9.17, 15) is 4.79 Å². The monoisotopic (exact) mass is 272 g/mol. The highest BCUT2D eigenvalue weighted by Gasteiger charge is 2.27. The molecular formula is C16H13ClO2. The van der Waals surface area contributed by atoms with Crippen molar-refractivity contribution >= 4 is 17.4 Å². The van der Waals surface area contributed by atoms with Gasteiger partial charge in [-0.25, -0.2) is 0 Å². The summed E-state index contributed by atoms with van der Waals surface area (Å²) in [5.41, 5.74) is 2.78. The van der Waals surface area contributed by atoms with Gasteiger partial charge in [-0.2, -0.15) is 0 Å². The van der Waals surface area contributed by atoms with Gasteiger partial charge in [0.1, 0.15) is 11.9 Å². The summed E-state index contributed by atoms with van der Waals surface area (Å²) in [6.07, 6.45) is 0.151. The van der Waals surface area contributed by atoms with E-state index in [2.05, 4.69) is 6.07 Å². The minimum atomic E-state index is -0.207. The molecule has 1 unspecified atom stereocenters. The molecule has 2 aromatic carbocycles. The fraction of sp³-hybridized carbons (Fsp3) is 0.188. The number of hydrogen-bond donors (Lipinski definition) is 0. The standard InChI is InChI=1S/C16H13ClO2/c1-10-3-2-4-11(7-10)16-9-14(18)13-8-12(17)5-6-15(13)19-16/h2-8,16H,9H2,1H3. The Morgan fingerprint density at radius 3 is 2.84 bits per heavy atom. The number of rotatable bonds is 1. The van der Waals surface area contributed by atoms with Gasteiger partial charge in [-0.05, 0) is 30.7 Å². The molecule has 2 aromatic rings. The molecule has 0 saturated heterocycles. The number of halogens is 1. The van der Waals surface area contributed by atoms with E-state index in [0.29, 0.717) is 22.8 Å². The highest BCUT2D eigenvalue weighted by molar-refractivity contribution is 6.31. The van der Waals surface area contributed by atoms with Crippen molar-refractivity contribution in [2.24, 2.45) is 0 Å². The maximum Gasteiger partial charge on any atom is 0.170 e. The molecule has 2 nitrogen and oxygen atoms in total. The van der Waals surface area contributed by atoms with Crippen LogP contribution in [-0.2, 0) is 0 Å². The molecule has 0 fully saturated rings. The second-order valence-corrected chi connectivity index (χ2v) is 5.22.